The number of hydrogen-bond donors (Lipinski definition) is 2. The van der Waals surface area contributed by atoms with E-state index in [4.69, 9.17) is 0 Å². The minimum Gasteiger partial charge on any atom is -0.481 e. The Labute approximate surface area is 205 Å². The van der Waals surface area contributed by atoms with E-state index < -0.39 is 24.0 Å². The van der Waals surface area contributed by atoms with Crippen LogP contribution < -0.4 is 10.9 Å². The molecule has 0 aliphatic carbocycles. The third-order valence-electron chi connectivity index (χ3n) is 6.08. The lowest BCUT2D eigenvalue weighted by atomic mass is 9.95. The van der Waals surface area contributed by atoms with Gasteiger partial charge in [-0.1, -0.05) is 38.1 Å². The zero-order valence-electron chi connectivity index (χ0n) is 20.9. The molecule has 3 rings (SSSR count). The first-order valence-corrected chi connectivity index (χ1v) is 11.8. The van der Waals surface area contributed by atoms with Gasteiger partial charge in [-0.05, 0) is 67.5 Å². The smallest absolute Gasteiger partial charge is 0.305 e. The van der Waals surface area contributed by atoms with Gasteiger partial charge in [0, 0.05) is 29.7 Å². The Morgan fingerprint density at radius 2 is 1.77 bits per heavy atom. The maximum Gasteiger partial charge on any atom is 0.305 e. The second-order valence-electron chi connectivity index (χ2n) is 9.47. The molecule has 0 radical (unpaired) electrons. The van der Waals surface area contributed by atoms with E-state index in [1.165, 1.54) is 10.6 Å². The summed E-state index contributed by atoms with van der Waals surface area (Å²) in [5, 5.41) is 12.5. The number of aliphatic carboxylic acids is 1. The van der Waals surface area contributed by atoms with Gasteiger partial charge in [-0.2, -0.15) is 0 Å². The van der Waals surface area contributed by atoms with Crippen LogP contribution in [0.1, 0.15) is 61.2 Å². The largest absolute Gasteiger partial charge is 0.481 e. The van der Waals surface area contributed by atoms with Crippen molar-refractivity contribution in [2.45, 2.75) is 59.5 Å². The first kappa shape index (κ1) is 25.9. The highest BCUT2D eigenvalue weighted by Gasteiger charge is 2.27. The summed E-state index contributed by atoms with van der Waals surface area (Å²) in [7, 11) is 0. The van der Waals surface area contributed by atoms with E-state index in [2.05, 4.69) is 10.3 Å². The quantitative estimate of drug-likeness (QED) is 0.465. The number of benzene rings is 1. The summed E-state index contributed by atoms with van der Waals surface area (Å²) in [6.45, 7) is 9.69. The van der Waals surface area contributed by atoms with E-state index in [1.807, 2.05) is 65.0 Å². The summed E-state index contributed by atoms with van der Waals surface area (Å²) in [5.74, 6) is -1.29. The molecule has 1 aromatic carbocycles. The Hall–Kier alpha value is -3.74. The van der Waals surface area contributed by atoms with Crippen molar-refractivity contribution in [2.24, 2.45) is 5.92 Å². The molecule has 2 unspecified atom stereocenters. The third-order valence-corrected chi connectivity index (χ3v) is 6.08. The van der Waals surface area contributed by atoms with Crippen LogP contribution in [0.4, 0.5) is 0 Å². The van der Waals surface area contributed by atoms with Gasteiger partial charge in [0.2, 0.25) is 5.91 Å². The molecule has 0 fully saturated rings. The Morgan fingerprint density at radius 1 is 1.06 bits per heavy atom. The normalized spacial score (nSPS) is 12.9. The fraction of sp³-hybridized carbons (Fsp3) is 0.357. The van der Waals surface area contributed by atoms with Gasteiger partial charge in [-0.25, -0.2) is 0 Å². The monoisotopic (exact) mass is 475 g/mol. The van der Waals surface area contributed by atoms with Gasteiger partial charge in [-0.15, -0.1) is 0 Å². The molecule has 2 N–H and O–H groups in total. The van der Waals surface area contributed by atoms with Crippen LogP contribution in [0.15, 0.2) is 59.7 Å². The molecule has 0 bridgehead atoms. The molecule has 35 heavy (non-hydrogen) atoms. The van der Waals surface area contributed by atoms with E-state index in [1.54, 1.807) is 18.5 Å². The van der Waals surface area contributed by atoms with Crippen LogP contribution in [0.25, 0.3) is 11.1 Å². The number of nitrogens with one attached hydrogen (secondary N) is 1. The molecular formula is C28H33N3O4. The number of carbonyl (C=O) groups excluding carboxylic acids is 1. The summed E-state index contributed by atoms with van der Waals surface area (Å²) < 4.78 is 1.42. The summed E-state index contributed by atoms with van der Waals surface area (Å²) in [6.07, 6.45) is 3.37. The molecule has 3 aromatic rings. The fourth-order valence-electron chi connectivity index (χ4n) is 4.22. The van der Waals surface area contributed by atoms with Crippen LogP contribution in [-0.4, -0.2) is 26.5 Å². The molecule has 2 aromatic heterocycles. The topological polar surface area (TPSA) is 101 Å². The van der Waals surface area contributed by atoms with Crippen LogP contribution in [-0.2, 0) is 9.59 Å². The van der Waals surface area contributed by atoms with Crippen molar-refractivity contribution in [1.82, 2.24) is 14.9 Å². The van der Waals surface area contributed by atoms with Crippen molar-refractivity contribution in [3.8, 4) is 11.1 Å². The number of aromatic nitrogens is 2. The van der Waals surface area contributed by atoms with Gasteiger partial charge in [-0.3, -0.25) is 19.4 Å². The van der Waals surface area contributed by atoms with Crippen LogP contribution in [0.5, 0.6) is 0 Å². The Morgan fingerprint density at radius 3 is 2.40 bits per heavy atom. The number of carboxylic acids is 1. The van der Waals surface area contributed by atoms with Gasteiger partial charge in [0.25, 0.3) is 5.56 Å². The summed E-state index contributed by atoms with van der Waals surface area (Å²) >= 11 is 0. The second kappa shape index (κ2) is 11.1. The molecule has 0 aliphatic heterocycles. The molecule has 1 amide bonds. The molecule has 0 saturated carbocycles. The molecule has 2 heterocycles. The van der Waals surface area contributed by atoms with Gasteiger partial charge in [0.1, 0.15) is 6.04 Å². The van der Waals surface area contributed by atoms with Crippen molar-refractivity contribution in [3.05, 3.63) is 87.6 Å². The first-order valence-electron chi connectivity index (χ1n) is 11.8. The third kappa shape index (κ3) is 6.44. The predicted molar refractivity (Wildman–Crippen MR) is 136 cm³/mol. The maximum atomic E-state index is 13.5. The Bertz CT molecular complexity index is 1280. The van der Waals surface area contributed by atoms with Gasteiger partial charge < -0.3 is 15.0 Å². The number of pyridine rings is 2. The lowest BCUT2D eigenvalue weighted by molar-refractivity contribution is -0.138. The molecule has 0 spiro atoms. The van der Waals surface area contributed by atoms with Crippen molar-refractivity contribution < 1.29 is 14.7 Å². The first-order chi connectivity index (χ1) is 16.6. The lowest BCUT2D eigenvalue weighted by Crippen LogP contribution is -2.40. The number of aryl methyl sites for hydroxylation is 3. The highest BCUT2D eigenvalue weighted by atomic mass is 16.4. The summed E-state index contributed by atoms with van der Waals surface area (Å²) in [4.78, 5) is 42.4. The Balaban J connectivity index is 2.00. The Kier molecular flexibility index (Phi) is 8.22. The number of carboxylic acid groups (broad SMARTS) is 1. The molecule has 0 aliphatic rings. The van der Waals surface area contributed by atoms with Crippen LogP contribution >= 0.6 is 0 Å². The van der Waals surface area contributed by atoms with Crippen LogP contribution in [0.2, 0.25) is 0 Å². The van der Waals surface area contributed by atoms with E-state index >= 15 is 0 Å². The van der Waals surface area contributed by atoms with Gasteiger partial charge >= 0.3 is 5.97 Å². The standard InChI is InChI=1S/C28H33N3O4/c1-17(2)12-25(31-11-10-18(3)13-26(31)32)28(35)30-24(15-27(33)34)21-14-23(20(5)29-16-21)22-9-7-6-8-19(22)4/h6-11,13-14,16-17,24-25H,12,15H2,1-5H3,(H,30,35)(H,33,34). The van der Waals surface area contributed by atoms with Crippen molar-refractivity contribution >= 4 is 11.9 Å². The lowest BCUT2D eigenvalue weighted by Gasteiger charge is -2.25. The number of carbonyl (C=O) groups is 2. The average Bonchev–Trinajstić information content (AvgIpc) is 2.78. The number of rotatable bonds is 9. The van der Waals surface area contributed by atoms with Crippen molar-refractivity contribution in [2.75, 3.05) is 0 Å². The molecular weight excluding hydrogens is 442 g/mol. The number of nitrogens with zero attached hydrogens (tertiary/aromatic N) is 2. The highest BCUT2D eigenvalue weighted by molar-refractivity contribution is 5.82. The molecule has 7 nitrogen and oxygen atoms in total. The van der Waals surface area contributed by atoms with Crippen LogP contribution in [0, 0.1) is 26.7 Å². The average molecular weight is 476 g/mol. The minimum atomic E-state index is -1.04. The van der Waals surface area contributed by atoms with E-state index in [0.717, 1.165) is 27.9 Å². The fourth-order valence-corrected chi connectivity index (χ4v) is 4.22. The zero-order chi connectivity index (χ0) is 25.7. The van der Waals surface area contributed by atoms with Crippen LogP contribution in [0.3, 0.4) is 0 Å². The molecule has 7 heteroatoms. The second-order valence-corrected chi connectivity index (χ2v) is 9.47. The molecule has 184 valence electrons. The van der Waals surface area contributed by atoms with E-state index in [9.17, 15) is 19.5 Å². The molecule has 0 saturated heterocycles. The SMILES string of the molecule is Cc1ccn(C(CC(C)C)C(=O)NC(CC(=O)O)c2cnc(C)c(-c3ccccc3C)c2)c(=O)c1. The summed E-state index contributed by atoms with van der Waals surface area (Å²) in [6, 6.07) is 11.5. The van der Waals surface area contributed by atoms with Gasteiger partial charge in [0.05, 0.1) is 12.5 Å². The number of hydrogen-bond acceptors (Lipinski definition) is 4. The minimum absolute atomic E-state index is 0.144. The van der Waals surface area contributed by atoms with Crippen molar-refractivity contribution in [1.29, 1.82) is 0 Å². The van der Waals surface area contributed by atoms with Gasteiger partial charge in [0.15, 0.2) is 0 Å². The highest BCUT2D eigenvalue weighted by Crippen LogP contribution is 2.29. The zero-order valence-corrected chi connectivity index (χ0v) is 20.9. The van der Waals surface area contributed by atoms with Crippen molar-refractivity contribution in [3.63, 3.8) is 0 Å². The maximum absolute atomic E-state index is 13.5. The van der Waals surface area contributed by atoms with E-state index in [-0.39, 0.29) is 17.9 Å². The number of amides is 1. The van der Waals surface area contributed by atoms with E-state index in [0.29, 0.717) is 12.0 Å². The summed E-state index contributed by atoms with van der Waals surface area (Å²) in [5.41, 5.74) is 4.93. The molecule has 2 atom stereocenters. The predicted octanol–water partition coefficient (Wildman–Crippen LogP) is 4.75.